The van der Waals surface area contributed by atoms with Gasteiger partial charge in [0.1, 0.15) is 0 Å². The summed E-state index contributed by atoms with van der Waals surface area (Å²) in [5.74, 6) is 3.65. The molecular formula is C16H30N2. The second kappa shape index (κ2) is 4.79. The van der Waals surface area contributed by atoms with E-state index < -0.39 is 0 Å². The molecule has 0 spiro atoms. The molecule has 5 atom stereocenters. The molecular weight excluding hydrogens is 220 g/mol. The van der Waals surface area contributed by atoms with Crippen molar-refractivity contribution in [3.05, 3.63) is 0 Å². The summed E-state index contributed by atoms with van der Waals surface area (Å²) in [4.78, 5) is 2.82. The van der Waals surface area contributed by atoms with E-state index in [4.69, 9.17) is 5.73 Å². The largest absolute Gasteiger partial charge is 0.329 e. The van der Waals surface area contributed by atoms with Gasteiger partial charge in [-0.05, 0) is 49.4 Å². The van der Waals surface area contributed by atoms with Gasteiger partial charge in [-0.15, -0.1) is 0 Å². The Morgan fingerprint density at radius 2 is 1.72 bits per heavy atom. The quantitative estimate of drug-likeness (QED) is 0.816. The van der Waals surface area contributed by atoms with Gasteiger partial charge in [0.2, 0.25) is 0 Å². The second-order valence-electron chi connectivity index (χ2n) is 7.45. The monoisotopic (exact) mass is 250 g/mol. The zero-order chi connectivity index (χ0) is 12.8. The van der Waals surface area contributed by atoms with E-state index in [0.29, 0.717) is 5.54 Å². The number of likely N-dealkylation sites (tertiary alicyclic amines) is 1. The second-order valence-corrected chi connectivity index (χ2v) is 7.45. The van der Waals surface area contributed by atoms with Gasteiger partial charge in [0.15, 0.2) is 0 Å². The summed E-state index contributed by atoms with van der Waals surface area (Å²) in [6.07, 6.45) is 8.56. The zero-order valence-electron chi connectivity index (χ0n) is 12.2. The standard InChI is InChI=1S/C16H30N2/c1-12-6-7-13(2)16(8-12,11-17)18-9-14-4-3-5-15(14)10-18/h12-15H,3-11,17H2,1-2H3. The van der Waals surface area contributed by atoms with E-state index in [1.807, 2.05) is 0 Å². The van der Waals surface area contributed by atoms with Crippen LogP contribution in [0.3, 0.4) is 0 Å². The molecule has 2 saturated carbocycles. The third kappa shape index (κ3) is 1.92. The number of fused-ring (bicyclic) bond motifs is 1. The summed E-state index contributed by atoms with van der Waals surface area (Å²) in [6, 6.07) is 0. The van der Waals surface area contributed by atoms with Gasteiger partial charge in [-0.25, -0.2) is 0 Å². The molecule has 2 N–H and O–H groups in total. The van der Waals surface area contributed by atoms with Crippen molar-refractivity contribution in [2.75, 3.05) is 19.6 Å². The average molecular weight is 250 g/mol. The lowest BCUT2D eigenvalue weighted by atomic mass is 9.68. The molecule has 5 unspecified atom stereocenters. The van der Waals surface area contributed by atoms with Crippen molar-refractivity contribution in [2.45, 2.75) is 57.9 Å². The minimum absolute atomic E-state index is 0.335. The van der Waals surface area contributed by atoms with E-state index in [2.05, 4.69) is 18.7 Å². The van der Waals surface area contributed by atoms with Crippen LogP contribution >= 0.6 is 0 Å². The lowest BCUT2D eigenvalue weighted by Gasteiger charge is -2.51. The first-order valence-electron chi connectivity index (χ1n) is 8.11. The molecule has 1 heterocycles. The summed E-state index contributed by atoms with van der Waals surface area (Å²) in [6.45, 7) is 8.44. The Kier molecular flexibility index (Phi) is 3.44. The molecule has 3 fully saturated rings. The highest BCUT2D eigenvalue weighted by Crippen LogP contribution is 2.46. The highest BCUT2D eigenvalue weighted by molar-refractivity contribution is 5.04. The maximum absolute atomic E-state index is 6.28. The minimum atomic E-state index is 0.335. The van der Waals surface area contributed by atoms with Crippen molar-refractivity contribution < 1.29 is 0 Å². The predicted octanol–water partition coefficient (Wildman–Crippen LogP) is 2.87. The summed E-state index contributed by atoms with van der Waals surface area (Å²) in [5, 5.41) is 0. The Morgan fingerprint density at radius 3 is 2.33 bits per heavy atom. The smallest absolute Gasteiger partial charge is 0.0359 e. The molecule has 3 rings (SSSR count). The van der Waals surface area contributed by atoms with Crippen LogP contribution in [-0.2, 0) is 0 Å². The zero-order valence-corrected chi connectivity index (χ0v) is 12.2. The van der Waals surface area contributed by atoms with Crippen LogP contribution in [0, 0.1) is 23.7 Å². The van der Waals surface area contributed by atoms with E-state index >= 15 is 0 Å². The van der Waals surface area contributed by atoms with E-state index in [0.717, 1.165) is 30.2 Å². The average Bonchev–Trinajstić information content (AvgIpc) is 2.93. The topological polar surface area (TPSA) is 29.3 Å². The number of rotatable bonds is 2. The third-order valence-corrected chi connectivity index (χ3v) is 6.42. The van der Waals surface area contributed by atoms with Crippen LogP contribution in [0.5, 0.6) is 0 Å². The molecule has 2 nitrogen and oxygen atoms in total. The normalized spacial score (nSPS) is 49.5. The summed E-state index contributed by atoms with van der Waals surface area (Å²) < 4.78 is 0. The van der Waals surface area contributed by atoms with E-state index in [1.165, 1.54) is 51.6 Å². The summed E-state index contributed by atoms with van der Waals surface area (Å²) in [5.41, 5.74) is 6.61. The first kappa shape index (κ1) is 12.9. The molecule has 0 radical (unpaired) electrons. The van der Waals surface area contributed by atoms with Crippen molar-refractivity contribution in [1.29, 1.82) is 0 Å². The Morgan fingerprint density at radius 1 is 1.06 bits per heavy atom. The van der Waals surface area contributed by atoms with Gasteiger partial charge < -0.3 is 5.73 Å². The lowest BCUT2D eigenvalue weighted by molar-refractivity contribution is 0.00721. The lowest BCUT2D eigenvalue weighted by Crippen LogP contribution is -2.59. The molecule has 0 bridgehead atoms. The number of nitrogens with two attached hydrogens (primary N) is 1. The van der Waals surface area contributed by atoms with E-state index in [9.17, 15) is 0 Å². The number of nitrogens with zero attached hydrogens (tertiary/aromatic N) is 1. The first-order valence-corrected chi connectivity index (χ1v) is 8.11. The molecule has 1 saturated heterocycles. The fourth-order valence-corrected chi connectivity index (χ4v) is 5.16. The Balaban J connectivity index is 1.78. The SMILES string of the molecule is CC1CCC(C)C(CN)(N2CC3CCCC3C2)C1. The first-order chi connectivity index (χ1) is 8.65. The van der Waals surface area contributed by atoms with Crippen LogP contribution in [0.1, 0.15) is 52.4 Å². The number of hydrogen-bond acceptors (Lipinski definition) is 2. The molecule has 2 heteroatoms. The molecule has 0 aromatic rings. The number of hydrogen-bond donors (Lipinski definition) is 1. The van der Waals surface area contributed by atoms with Crippen LogP contribution in [0.2, 0.25) is 0 Å². The van der Waals surface area contributed by atoms with Crippen LogP contribution < -0.4 is 5.73 Å². The summed E-state index contributed by atoms with van der Waals surface area (Å²) in [7, 11) is 0. The molecule has 0 aromatic carbocycles. The van der Waals surface area contributed by atoms with Gasteiger partial charge in [-0.1, -0.05) is 26.7 Å². The molecule has 0 aromatic heterocycles. The predicted molar refractivity (Wildman–Crippen MR) is 76.4 cm³/mol. The molecule has 2 aliphatic carbocycles. The molecule has 0 amide bonds. The van der Waals surface area contributed by atoms with Crippen molar-refractivity contribution in [2.24, 2.45) is 29.4 Å². The van der Waals surface area contributed by atoms with Gasteiger partial charge in [0.05, 0.1) is 0 Å². The molecule has 104 valence electrons. The molecule has 1 aliphatic heterocycles. The van der Waals surface area contributed by atoms with Crippen molar-refractivity contribution in [3.8, 4) is 0 Å². The van der Waals surface area contributed by atoms with E-state index in [1.54, 1.807) is 0 Å². The van der Waals surface area contributed by atoms with Crippen LogP contribution in [0.15, 0.2) is 0 Å². The fourth-order valence-electron chi connectivity index (χ4n) is 5.16. The van der Waals surface area contributed by atoms with Gasteiger partial charge >= 0.3 is 0 Å². The van der Waals surface area contributed by atoms with Gasteiger partial charge in [-0.3, -0.25) is 4.90 Å². The van der Waals surface area contributed by atoms with Crippen molar-refractivity contribution >= 4 is 0 Å². The van der Waals surface area contributed by atoms with Crippen molar-refractivity contribution in [3.63, 3.8) is 0 Å². The Hall–Kier alpha value is -0.0800. The molecule has 3 aliphatic rings. The third-order valence-electron chi connectivity index (χ3n) is 6.42. The highest BCUT2D eigenvalue weighted by Gasteiger charge is 2.49. The Labute approximate surface area is 112 Å². The maximum atomic E-state index is 6.28. The fraction of sp³-hybridized carbons (Fsp3) is 1.00. The van der Waals surface area contributed by atoms with Gasteiger partial charge in [0.25, 0.3) is 0 Å². The van der Waals surface area contributed by atoms with Gasteiger partial charge in [0, 0.05) is 25.2 Å². The maximum Gasteiger partial charge on any atom is 0.0359 e. The Bertz CT molecular complexity index is 291. The summed E-state index contributed by atoms with van der Waals surface area (Å²) >= 11 is 0. The van der Waals surface area contributed by atoms with Crippen LogP contribution in [-0.4, -0.2) is 30.1 Å². The van der Waals surface area contributed by atoms with Crippen LogP contribution in [0.4, 0.5) is 0 Å². The van der Waals surface area contributed by atoms with E-state index in [-0.39, 0.29) is 0 Å². The minimum Gasteiger partial charge on any atom is -0.329 e. The van der Waals surface area contributed by atoms with Crippen LogP contribution in [0.25, 0.3) is 0 Å². The van der Waals surface area contributed by atoms with Gasteiger partial charge in [-0.2, -0.15) is 0 Å². The van der Waals surface area contributed by atoms with Crippen molar-refractivity contribution in [1.82, 2.24) is 4.90 Å². The highest BCUT2D eigenvalue weighted by atomic mass is 15.2. The molecule has 18 heavy (non-hydrogen) atoms.